The van der Waals surface area contributed by atoms with Crippen LogP contribution in [0.3, 0.4) is 0 Å². The van der Waals surface area contributed by atoms with Crippen molar-refractivity contribution in [3.05, 3.63) is 0 Å². The molecule has 2 aliphatic heterocycles. The first-order valence-electron chi connectivity index (χ1n) is 12.3. The van der Waals surface area contributed by atoms with Crippen LogP contribution >= 0.6 is 0 Å². The first-order chi connectivity index (χ1) is 16.3. The molecule has 0 saturated carbocycles. The number of carbonyl (C=O) groups excluding carboxylic acids is 5. The van der Waals surface area contributed by atoms with E-state index in [9.17, 15) is 24.0 Å². The number of nitrogens with zero attached hydrogens (tertiary/aromatic N) is 2. The van der Waals surface area contributed by atoms with Gasteiger partial charge in [-0.3, -0.25) is 24.0 Å². The SMILES string of the molecule is CNCCNC(=O)C(CCCCNC(=O)C1CCCN1C(C)=O)NC(=O)C1CCCN1C(C)=O. The lowest BCUT2D eigenvalue weighted by Gasteiger charge is -2.25. The Balaban J connectivity index is 1.83. The summed E-state index contributed by atoms with van der Waals surface area (Å²) in [5.41, 5.74) is 0. The van der Waals surface area contributed by atoms with Crippen molar-refractivity contribution in [1.82, 2.24) is 31.1 Å². The first kappa shape index (κ1) is 27.6. The molecule has 0 spiro atoms. The van der Waals surface area contributed by atoms with Crippen molar-refractivity contribution >= 4 is 29.5 Å². The minimum Gasteiger partial charge on any atom is -0.354 e. The van der Waals surface area contributed by atoms with Crippen LogP contribution in [0.2, 0.25) is 0 Å². The van der Waals surface area contributed by atoms with Crippen molar-refractivity contribution in [3.8, 4) is 0 Å². The molecule has 0 aromatic carbocycles. The van der Waals surface area contributed by atoms with Crippen molar-refractivity contribution in [3.63, 3.8) is 0 Å². The van der Waals surface area contributed by atoms with Gasteiger partial charge in [0, 0.05) is 46.6 Å². The molecule has 4 N–H and O–H groups in total. The van der Waals surface area contributed by atoms with E-state index >= 15 is 0 Å². The number of nitrogens with one attached hydrogen (secondary N) is 4. The Labute approximate surface area is 201 Å². The Bertz CT molecular complexity index is 745. The predicted molar refractivity (Wildman–Crippen MR) is 127 cm³/mol. The van der Waals surface area contributed by atoms with Crippen LogP contribution in [0.5, 0.6) is 0 Å². The zero-order valence-electron chi connectivity index (χ0n) is 20.7. The first-order valence-corrected chi connectivity index (χ1v) is 12.3. The molecule has 0 aromatic rings. The summed E-state index contributed by atoms with van der Waals surface area (Å²) in [6, 6.07) is -1.66. The fraction of sp³-hybridized carbons (Fsp3) is 0.783. The molecule has 0 radical (unpaired) electrons. The molecule has 192 valence electrons. The molecule has 2 saturated heterocycles. The van der Waals surface area contributed by atoms with Crippen molar-refractivity contribution < 1.29 is 24.0 Å². The third kappa shape index (κ3) is 7.96. The van der Waals surface area contributed by atoms with Gasteiger partial charge in [-0.2, -0.15) is 0 Å². The highest BCUT2D eigenvalue weighted by atomic mass is 16.2. The van der Waals surface area contributed by atoms with E-state index in [1.54, 1.807) is 16.8 Å². The zero-order valence-corrected chi connectivity index (χ0v) is 20.7. The average Bonchev–Trinajstić information content (AvgIpc) is 3.48. The van der Waals surface area contributed by atoms with Gasteiger partial charge in [0.1, 0.15) is 18.1 Å². The molecule has 0 aliphatic carbocycles. The number of amides is 5. The van der Waals surface area contributed by atoms with Crippen LogP contribution < -0.4 is 21.3 Å². The van der Waals surface area contributed by atoms with Crippen LogP contribution in [0, 0.1) is 0 Å². The minimum atomic E-state index is -0.711. The highest BCUT2D eigenvalue weighted by Gasteiger charge is 2.34. The van der Waals surface area contributed by atoms with Gasteiger partial charge >= 0.3 is 0 Å². The Morgan fingerprint density at radius 2 is 1.38 bits per heavy atom. The highest BCUT2D eigenvalue weighted by molar-refractivity contribution is 5.92. The largest absolute Gasteiger partial charge is 0.354 e. The summed E-state index contributed by atoms with van der Waals surface area (Å²) in [6.07, 6.45) is 4.52. The normalized spacial score (nSPS) is 20.7. The smallest absolute Gasteiger partial charge is 0.243 e. The molecule has 2 heterocycles. The van der Waals surface area contributed by atoms with Crippen LogP contribution in [0.15, 0.2) is 0 Å². The maximum Gasteiger partial charge on any atom is 0.243 e. The second-order valence-electron chi connectivity index (χ2n) is 8.98. The summed E-state index contributed by atoms with van der Waals surface area (Å²) in [4.78, 5) is 64.6. The number of hydrogen-bond donors (Lipinski definition) is 4. The Morgan fingerprint density at radius 1 is 0.794 bits per heavy atom. The summed E-state index contributed by atoms with van der Waals surface area (Å²) in [5, 5.41) is 11.5. The van der Waals surface area contributed by atoms with Gasteiger partial charge in [0.05, 0.1) is 0 Å². The van der Waals surface area contributed by atoms with Crippen LogP contribution in [-0.4, -0.2) is 97.2 Å². The number of likely N-dealkylation sites (tertiary alicyclic amines) is 2. The second kappa shape index (κ2) is 13.9. The summed E-state index contributed by atoms with van der Waals surface area (Å²) >= 11 is 0. The quantitative estimate of drug-likeness (QED) is 0.267. The standard InChI is InChI=1S/C23H40N6O5/c1-16(30)28-14-6-9-19(28)22(33)25-11-5-4-8-18(21(32)26-13-12-24-3)27-23(34)20-10-7-15-29(20)17(2)31/h18-20,24H,4-15H2,1-3H3,(H,25,33)(H,26,32)(H,27,34). The molecule has 34 heavy (non-hydrogen) atoms. The third-order valence-corrected chi connectivity index (χ3v) is 6.45. The topological polar surface area (TPSA) is 140 Å². The number of carbonyl (C=O) groups is 5. The number of rotatable bonds is 12. The van der Waals surface area contributed by atoms with Crippen molar-refractivity contribution in [2.24, 2.45) is 0 Å². The molecule has 5 amide bonds. The van der Waals surface area contributed by atoms with Crippen molar-refractivity contribution in [2.75, 3.05) is 39.8 Å². The van der Waals surface area contributed by atoms with Gasteiger partial charge in [-0.25, -0.2) is 0 Å². The van der Waals surface area contributed by atoms with Gasteiger partial charge in [0.25, 0.3) is 0 Å². The second-order valence-corrected chi connectivity index (χ2v) is 8.98. The summed E-state index contributed by atoms with van der Waals surface area (Å²) in [6.45, 7) is 5.57. The molecule has 0 bridgehead atoms. The van der Waals surface area contributed by atoms with Crippen molar-refractivity contribution in [1.29, 1.82) is 0 Å². The van der Waals surface area contributed by atoms with E-state index in [0.29, 0.717) is 64.8 Å². The summed E-state index contributed by atoms with van der Waals surface area (Å²) in [7, 11) is 1.79. The molecule has 2 aliphatic rings. The molecule has 2 fully saturated rings. The Kier molecular flexibility index (Phi) is 11.2. The van der Waals surface area contributed by atoms with E-state index in [1.807, 2.05) is 0 Å². The number of unbranched alkanes of at least 4 members (excludes halogenated alkanes) is 1. The molecule has 3 unspecified atom stereocenters. The van der Waals surface area contributed by atoms with Gasteiger partial charge < -0.3 is 31.1 Å². The molecule has 11 heteroatoms. The van der Waals surface area contributed by atoms with E-state index in [2.05, 4.69) is 21.3 Å². The molecule has 2 rings (SSSR count). The van der Waals surface area contributed by atoms with Gasteiger partial charge in [-0.05, 0) is 52.0 Å². The van der Waals surface area contributed by atoms with Crippen LogP contribution in [0.4, 0.5) is 0 Å². The maximum atomic E-state index is 12.8. The predicted octanol–water partition coefficient (Wildman–Crippen LogP) is -0.885. The molecular weight excluding hydrogens is 440 g/mol. The van der Waals surface area contributed by atoms with Crippen LogP contribution in [0.25, 0.3) is 0 Å². The van der Waals surface area contributed by atoms with E-state index in [1.165, 1.54) is 13.8 Å². The lowest BCUT2D eigenvalue weighted by molar-refractivity contribution is -0.138. The van der Waals surface area contributed by atoms with Gasteiger partial charge in [0.15, 0.2) is 0 Å². The van der Waals surface area contributed by atoms with E-state index in [0.717, 1.165) is 12.8 Å². The van der Waals surface area contributed by atoms with E-state index in [-0.39, 0.29) is 29.5 Å². The number of hydrogen-bond acceptors (Lipinski definition) is 6. The lowest BCUT2D eigenvalue weighted by Crippen LogP contribution is -2.53. The lowest BCUT2D eigenvalue weighted by atomic mass is 10.1. The summed E-state index contributed by atoms with van der Waals surface area (Å²) < 4.78 is 0. The van der Waals surface area contributed by atoms with Crippen LogP contribution in [-0.2, 0) is 24.0 Å². The monoisotopic (exact) mass is 480 g/mol. The minimum absolute atomic E-state index is 0.0916. The molecular formula is C23H40N6O5. The van der Waals surface area contributed by atoms with E-state index < -0.39 is 18.1 Å². The van der Waals surface area contributed by atoms with E-state index in [4.69, 9.17) is 0 Å². The molecule has 3 atom stereocenters. The van der Waals surface area contributed by atoms with Crippen molar-refractivity contribution in [2.45, 2.75) is 76.9 Å². The van der Waals surface area contributed by atoms with Gasteiger partial charge in [-0.1, -0.05) is 0 Å². The Hall–Kier alpha value is -2.69. The zero-order chi connectivity index (χ0) is 25.1. The Morgan fingerprint density at radius 3 is 1.94 bits per heavy atom. The highest BCUT2D eigenvalue weighted by Crippen LogP contribution is 2.18. The number of likely N-dealkylation sites (N-methyl/N-ethyl adjacent to an activating group) is 1. The van der Waals surface area contributed by atoms with Crippen LogP contribution in [0.1, 0.15) is 58.8 Å². The maximum absolute atomic E-state index is 12.8. The molecule has 0 aromatic heterocycles. The fourth-order valence-electron chi connectivity index (χ4n) is 4.61. The summed E-state index contributed by atoms with van der Waals surface area (Å²) in [5.74, 6) is -0.948. The third-order valence-electron chi connectivity index (χ3n) is 6.45. The fourth-order valence-corrected chi connectivity index (χ4v) is 4.61. The van der Waals surface area contributed by atoms with Gasteiger partial charge in [0.2, 0.25) is 29.5 Å². The van der Waals surface area contributed by atoms with Gasteiger partial charge in [-0.15, -0.1) is 0 Å². The molecule has 11 nitrogen and oxygen atoms in total. The average molecular weight is 481 g/mol.